The number of carbonyl (C=O) groups is 2. The van der Waals surface area contributed by atoms with Gasteiger partial charge in [0, 0.05) is 34.4 Å². The van der Waals surface area contributed by atoms with Gasteiger partial charge >= 0.3 is 0 Å². The Morgan fingerprint density at radius 3 is 1.91 bits per heavy atom. The largest absolute Gasteiger partial charge is 0.380 e. The lowest BCUT2D eigenvalue weighted by atomic mass is 9.83. The van der Waals surface area contributed by atoms with Gasteiger partial charge in [0.1, 0.15) is 5.60 Å². The van der Waals surface area contributed by atoms with E-state index in [2.05, 4.69) is 0 Å². The molecule has 1 atom stereocenters. The summed E-state index contributed by atoms with van der Waals surface area (Å²) in [6, 6.07) is 31.4. The summed E-state index contributed by atoms with van der Waals surface area (Å²) in [7, 11) is 0. The molecule has 0 saturated carbocycles. The average molecular weight is 456 g/mol. The highest BCUT2D eigenvalue weighted by Crippen LogP contribution is 2.44. The summed E-state index contributed by atoms with van der Waals surface area (Å²) in [5.74, 6) is -0.329. The second-order valence-corrected chi connectivity index (χ2v) is 8.86. The molecule has 4 nitrogen and oxygen atoms in total. The molecule has 0 saturated heterocycles. The number of aliphatic imine (C=N–C) groups is 1. The van der Waals surface area contributed by atoms with E-state index in [-0.39, 0.29) is 11.6 Å². The lowest BCUT2D eigenvalue weighted by molar-refractivity contribution is 0.0979. The maximum absolute atomic E-state index is 13.1. The van der Waals surface area contributed by atoms with E-state index in [9.17, 15) is 14.7 Å². The van der Waals surface area contributed by atoms with E-state index >= 15 is 0 Å². The summed E-state index contributed by atoms with van der Waals surface area (Å²) < 4.78 is 0. The Bertz CT molecular complexity index is 1550. The van der Waals surface area contributed by atoms with E-state index in [4.69, 9.17) is 4.99 Å². The van der Waals surface area contributed by atoms with Gasteiger partial charge in [0.25, 0.3) is 0 Å². The summed E-state index contributed by atoms with van der Waals surface area (Å²) >= 11 is 0. The Hall–Kier alpha value is -4.41. The minimum Gasteiger partial charge on any atom is -0.380 e. The third-order valence-corrected chi connectivity index (χ3v) is 6.71. The van der Waals surface area contributed by atoms with Crippen molar-refractivity contribution < 1.29 is 14.7 Å². The van der Waals surface area contributed by atoms with Gasteiger partial charge in [-0.3, -0.25) is 14.6 Å². The standard InChI is InChI=1S/C31H21NO3/c33-29-24-13-7-8-14-25(24)30(34)27-17-22(15-16-26(27)29)32-23-18-28(20-9-3-1-4-10-20)31(35,19-23)21-11-5-2-6-12-21/h1-18,35H,19H2. The van der Waals surface area contributed by atoms with Gasteiger partial charge in [-0.25, -0.2) is 0 Å². The first-order chi connectivity index (χ1) is 17.0. The zero-order valence-electron chi connectivity index (χ0n) is 18.8. The molecule has 1 N–H and O–H groups in total. The van der Waals surface area contributed by atoms with Crippen LogP contribution in [0.2, 0.25) is 0 Å². The lowest BCUT2D eigenvalue weighted by Gasteiger charge is -2.27. The fourth-order valence-electron chi connectivity index (χ4n) is 5.00. The van der Waals surface area contributed by atoms with Crippen LogP contribution >= 0.6 is 0 Å². The molecule has 4 aromatic rings. The van der Waals surface area contributed by atoms with Gasteiger partial charge in [-0.15, -0.1) is 0 Å². The number of hydrogen-bond donors (Lipinski definition) is 1. The van der Waals surface area contributed by atoms with Gasteiger partial charge in [-0.1, -0.05) is 84.9 Å². The van der Waals surface area contributed by atoms with E-state index in [1.807, 2.05) is 66.7 Å². The molecule has 0 spiro atoms. The molecule has 0 bridgehead atoms. The average Bonchev–Trinajstić information content (AvgIpc) is 3.25. The van der Waals surface area contributed by atoms with Crippen molar-refractivity contribution in [3.8, 4) is 0 Å². The van der Waals surface area contributed by atoms with E-state index in [1.54, 1.807) is 42.5 Å². The van der Waals surface area contributed by atoms with Crippen molar-refractivity contribution >= 4 is 28.5 Å². The third-order valence-electron chi connectivity index (χ3n) is 6.71. The van der Waals surface area contributed by atoms with Crippen LogP contribution in [0.3, 0.4) is 0 Å². The molecule has 1 unspecified atom stereocenters. The van der Waals surface area contributed by atoms with Gasteiger partial charge in [0.15, 0.2) is 11.6 Å². The van der Waals surface area contributed by atoms with E-state index in [0.29, 0.717) is 40.1 Å². The molecule has 4 aromatic carbocycles. The quantitative estimate of drug-likeness (QED) is 0.368. The summed E-state index contributed by atoms with van der Waals surface area (Å²) in [6.45, 7) is 0. The lowest BCUT2D eigenvalue weighted by Crippen LogP contribution is -2.25. The van der Waals surface area contributed by atoms with Crippen molar-refractivity contribution in [3.63, 3.8) is 0 Å². The van der Waals surface area contributed by atoms with Crippen LogP contribution < -0.4 is 0 Å². The van der Waals surface area contributed by atoms with Crippen LogP contribution in [-0.4, -0.2) is 22.4 Å². The van der Waals surface area contributed by atoms with Crippen molar-refractivity contribution in [1.29, 1.82) is 0 Å². The minimum absolute atomic E-state index is 0.153. The normalized spacial score (nSPS) is 19.9. The van der Waals surface area contributed by atoms with Crippen molar-refractivity contribution in [2.24, 2.45) is 4.99 Å². The second-order valence-electron chi connectivity index (χ2n) is 8.86. The van der Waals surface area contributed by atoms with Gasteiger partial charge in [0.05, 0.1) is 5.69 Å². The van der Waals surface area contributed by atoms with Crippen LogP contribution in [0.25, 0.3) is 5.57 Å². The number of fused-ring (bicyclic) bond motifs is 2. The van der Waals surface area contributed by atoms with Gasteiger partial charge < -0.3 is 5.11 Å². The van der Waals surface area contributed by atoms with Crippen molar-refractivity contribution in [2.45, 2.75) is 12.0 Å². The second kappa shape index (κ2) is 8.12. The minimum atomic E-state index is -1.22. The van der Waals surface area contributed by atoms with E-state index in [1.165, 1.54) is 0 Å². The van der Waals surface area contributed by atoms with Crippen LogP contribution in [0.5, 0.6) is 0 Å². The maximum Gasteiger partial charge on any atom is 0.194 e. The molecular formula is C31H21NO3. The number of hydrogen-bond acceptors (Lipinski definition) is 4. The topological polar surface area (TPSA) is 66.7 Å². The molecule has 2 aliphatic carbocycles. The highest BCUT2D eigenvalue weighted by atomic mass is 16.3. The SMILES string of the molecule is O=C1c2ccccc2C(=O)c2cc(N=C3C=C(c4ccccc4)C(O)(c4ccccc4)C3)ccc21. The molecule has 0 aliphatic heterocycles. The molecule has 4 heteroatoms. The predicted molar refractivity (Wildman–Crippen MR) is 136 cm³/mol. The van der Waals surface area contributed by atoms with Crippen LogP contribution in [0, 0.1) is 0 Å². The van der Waals surface area contributed by atoms with E-state index in [0.717, 1.165) is 16.7 Å². The Labute approximate surface area is 202 Å². The van der Waals surface area contributed by atoms with Crippen LogP contribution in [0.4, 0.5) is 5.69 Å². The molecule has 168 valence electrons. The molecule has 2 aliphatic rings. The summed E-state index contributed by atoms with van der Waals surface area (Å²) in [4.78, 5) is 30.8. The maximum atomic E-state index is 13.1. The van der Waals surface area contributed by atoms with Crippen LogP contribution in [-0.2, 0) is 5.60 Å². The molecule has 35 heavy (non-hydrogen) atoms. The number of aliphatic hydroxyl groups is 1. The van der Waals surface area contributed by atoms with Gasteiger partial charge in [-0.2, -0.15) is 0 Å². The molecule has 0 radical (unpaired) electrons. The fraction of sp³-hybridized carbons (Fsp3) is 0.0645. The highest BCUT2D eigenvalue weighted by Gasteiger charge is 2.40. The van der Waals surface area contributed by atoms with Crippen LogP contribution in [0.1, 0.15) is 49.4 Å². The first kappa shape index (κ1) is 21.1. The zero-order valence-corrected chi connectivity index (χ0v) is 18.8. The number of nitrogens with zero attached hydrogens (tertiary/aromatic N) is 1. The summed E-state index contributed by atoms with van der Waals surface area (Å²) in [5, 5.41) is 11.9. The van der Waals surface area contributed by atoms with Crippen molar-refractivity contribution in [2.75, 3.05) is 0 Å². The van der Waals surface area contributed by atoms with Crippen molar-refractivity contribution in [3.05, 3.63) is 143 Å². The third kappa shape index (κ3) is 3.47. The Morgan fingerprint density at radius 1 is 0.657 bits per heavy atom. The Morgan fingerprint density at radius 2 is 1.23 bits per heavy atom. The molecular weight excluding hydrogens is 434 g/mol. The predicted octanol–water partition coefficient (Wildman–Crippen LogP) is 5.91. The Kier molecular flexibility index (Phi) is 4.90. The smallest absolute Gasteiger partial charge is 0.194 e. The van der Waals surface area contributed by atoms with E-state index < -0.39 is 5.60 Å². The monoisotopic (exact) mass is 455 g/mol. The molecule has 0 aromatic heterocycles. The fourth-order valence-corrected chi connectivity index (χ4v) is 5.00. The Balaban J connectivity index is 1.43. The summed E-state index contributed by atoms with van der Waals surface area (Å²) in [5.41, 5.74) is 4.15. The number of carbonyl (C=O) groups excluding carboxylic acids is 2. The molecule has 0 heterocycles. The van der Waals surface area contributed by atoms with Crippen molar-refractivity contribution in [1.82, 2.24) is 0 Å². The van der Waals surface area contributed by atoms with Gasteiger partial charge in [0.2, 0.25) is 0 Å². The first-order valence-corrected chi connectivity index (χ1v) is 11.5. The number of benzene rings is 4. The molecule has 0 amide bonds. The molecule has 0 fully saturated rings. The molecule has 6 rings (SSSR count). The first-order valence-electron chi connectivity index (χ1n) is 11.5. The highest BCUT2D eigenvalue weighted by molar-refractivity contribution is 6.28. The number of rotatable bonds is 3. The number of allylic oxidation sites excluding steroid dienone is 1. The zero-order chi connectivity index (χ0) is 24.0. The van der Waals surface area contributed by atoms with Gasteiger partial charge in [-0.05, 0) is 41.0 Å². The van der Waals surface area contributed by atoms with Crippen LogP contribution in [0.15, 0.2) is 114 Å². The number of ketones is 2. The summed E-state index contributed by atoms with van der Waals surface area (Å²) in [6.07, 6.45) is 2.22.